The van der Waals surface area contributed by atoms with E-state index in [9.17, 15) is 13.2 Å². The van der Waals surface area contributed by atoms with Gasteiger partial charge in [0.25, 0.3) is 0 Å². The number of methoxy groups -OCH3 is 1. The van der Waals surface area contributed by atoms with Gasteiger partial charge in [0.1, 0.15) is 12.0 Å². The molecule has 0 aromatic carbocycles. The van der Waals surface area contributed by atoms with Crippen LogP contribution in [-0.2, 0) is 21.1 Å². The van der Waals surface area contributed by atoms with Crippen LogP contribution >= 0.6 is 0 Å². The molecule has 1 saturated heterocycles. The number of carbonyl (C=O) groups excluding carboxylic acids is 1. The van der Waals surface area contributed by atoms with Crippen LogP contribution in [0.15, 0.2) is 16.7 Å². The maximum atomic E-state index is 11.3. The molecule has 0 saturated carbocycles. The van der Waals surface area contributed by atoms with Gasteiger partial charge in [0.05, 0.1) is 30.7 Å². The molecule has 1 N–H and O–H groups in total. The fourth-order valence-electron chi connectivity index (χ4n) is 1.90. The van der Waals surface area contributed by atoms with Gasteiger partial charge in [0.2, 0.25) is 0 Å². The number of carbonyl (C=O) groups is 1. The van der Waals surface area contributed by atoms with E-state index in [2.05, 4.69) is 10.1 Å². The zero-order valence-electron chi connectivity index (χ0n) is 10.0. The van der Waals surface area contributed by atoms with Gasteiger partial charge in [-0.15, -0.1) is 0 Å². The average molecular weight is 273 g/mol. The third kappa shape index (κ3) is 3.11. The zero-order chi connectivity index (χ0) is 13.2. The average Bonchev–Trinajstić information content (AvgIpc) is 2.92. The minimum atomic E-state index is -2.88. The molecule has 1 aliphatic heterocycles. The first kappa shape index (κ1) is 13.1. The summed E-state index contributed by atoms with van der Waals surface area (Å²) < 4.78 is 32.3. The Kier molecular flexibility index (Phi) is 3.72. The lowest BCUT2D eigenvalue weighted by Gasteiger charge is -2.08. The molecule has 0 amide bonds. The molecule has 7 heteroatoms. The Morgan fingerprint density at radius 2 is 2.39 bits per heavy atom. The highest BCUT2D eigenvalue weighted by Crippen LogP contribution is 2.13. The topological polar surface area (TPSA) is 85.6 Å². The largest absolute Gasteiger partial charge is 0.467 e. The molecular formula is C11H15NO5S. The zero-order valence-corrected chi connectivity index (χ0v) is 10.8. The van der Waals surface area contributed by atoms with Gasteiger partial charge >= 0.3 is 5.97 Å². The number of hydrogen-bond donors (Lipinski definition) is 1. The summed E-state index contributed by atoms with van der Waals surface area (Å²) in [6.07, 6.45) is 1.95. The number of esters is 1. The molecule has 0 bridgehead atoms. The monoisotopic (exact) mass is 273 g/mol. The summed E-state index contributed by atoms with van der Waals surface area (Å²) in [5.74, 6) is 0.529. The maximum Gasteiger partial charge on any atom is 0.341 e. The molecule has 2 heterocycles. The van der Waals surface area contributed by atoms with Gasteiger partial charge < -0.3 is 14.5 Å². The Bertz CT molecular complexity index is 533. The van der Waals surface area contributed by atoms with E-state index in [1.54, 1.807) is 6.07 Å². The molecule has 0 radical (unpaired) electrons. The van der Waals surface area contributed by atoms with Gasteiger partial charge in [-0.3, -0.25) is 0 Å². The van der Waals surface area contributed by atoms with Crippen molar-refractivity contribution in [2.24, 2.45) is 0 Å². The summed E-state index contributed by atoms with van der Waals surface area (Å²) in [5, 5.41) is 3.10. The minimum Gasteiger partial charge on any atom is -0.467 e. The molecule has 0 spiro atoms. The summed E-state index contributed by atoms with van der Waals surface area (Å²) in [5.41, 5.74) is 0.355. The highest BCUT2D eigenvalue weighted by Gasteiger charge is 2.27. The third-order valence-corrected chi connectivity index (χ3v) is 4.64. The van der Waals surface area contributed by atoms with Crippen molar-refractivity contribution in [3.05, 3.63) is 23.7 Å². The van der Waals surface area contributed by atoms with Crippen molar-refractivity contribution in [2.75, 3.05) is 18.6 Å². The van der Waals surface area contributed by atoms with E-state index < -0.39 is 15.8 Å². The van der Waals surface area contributed by atoms with Crippen molar-refractivity contribution < 1.29 is 22.4 Å². The van der Waals surface area contributed by atoms with Crippen LogP contribution in [0.1, 0.15) is 22.5 Å². The third-order valence-electron chi connectivity index (χ3n) is 2.87. The first-order chi connectivity index (χ1) is 8.50. The van der Waals surface area contributed by atoms with Crippen LogP contribution in [0.4, 0.5) is 0 Å². The second-order valence-electron chi connectivity index (χ2n) is 4.27. The van der Waals surface area contributed by atoms with Gasteiger partial charge in [-0.1, -0.05) is 0 Å². The number of hydrogen-bond acceptors (Lipinski definition) is 6. The fourth-order valence-corrected chi connectivity index (χ4v) is 3.61. The van der Waals surface area contributed by atoms with E-state index in [1.165, 1.54) is 13.4 Å². The smallest absolute Gasteiger partial charge is 0.341 e. The van der Waals surface area contributed by atoms with Crippen LogP contribution in [0.3, 0.4) is 0 Å². The molecule has 1 aromatic heterocycles. The summed E-state index contributed by atoms with van der Waals surface area (Å²) in [4.78, 5) is 11.2. The van der Waals surface area contributed by atoms with Gasteiger partial charge in [0, 0.05) is 6.04 Å². The Morgan fingerprint density at radius 3 is 3.00 bits per heavy atom. The van der Waals surface area contributed by atoms with Crippen LogP contribution in [0.2, 0.25) is 0 Å². The second-order valence-corrected chi connectivity index (χ2v) is 6.50. The van der Waals surface area contributed by atoms with Crippen LogP contribution in [-0.4, -0.2) is 39.0 Å². The quantitative estimate of drug-likeness (QED) is 0.796. The van der Waals surface area contributed by atoms with E-state index in [0.717, 1.165) is 0 Å². The predicted molar refractivity (Wildman–Crippen MR) is 63.9 cm³/mol. The lowest BCUT2D eigenvalue weighted by Crippen LogP contribution is -2.29. The molecule has 100 valence electrons. The number of rotatable bonds is 4. The van der Waals surface area contributed by atoms with Gasteiger partial charge in [-0.2, -0.15) is 0 Å². The summed E-state index contributed by atoms with van der Waals surface area (Å²) in [7, 11) is -1.58. The molecule has 2 rings (SSSR count). The highest BCUT2D eigenvalue weighted by molar-refractivity contribution is 7.91. The van der Waals surface area contributed by atoms with Crippen molar-refractivity contribution in [3.8, 4) is 0 Å². The molecule has 1 unspecified atom stereocenters. The molecule has 6 nitrogen and oxygen atoms in total. The molecule has 1 fully saturated rings. The number of furan rings is 1. The van der Waals surface area contributed by atoms with E-state index >= 15 is 0 Å². The van der Waals surface area contributed by atoms with Crippen LogP contribution in [0.5, 0.6) is 0 Å². The first-order valence-corrected chi connectivity index (χ1v) is 7.42. The lowest BCUT2D eigenvalue weighted by molar-refractivity contribution is 0.0600. The molecule has 1 atom stereocenters. The molecular weight excluding hydrogens is 258 g/mol. The minimum absolute atomic E-state index is 0.0401. The number of sulfone groups is 1. The predicted octanol–water partition coefficient (Wildman–Crippen LogP) is 0.343. The van der Waals surface area contributed by atoms with Crippen molar-refractivity contribution >= 4 is 15.8 Å². The van der Waals surface area contributed by atoms with Crippen molar-refractivity contribution in [2.45, 2.75) is 19.0 Å². The van der Waals surface area contributed by atoms with Crippen molar-refractivity contribution in [1.82, 2.24) is 5.32 Å². The van der Waals surface area contributed by atoms with E-state index in [4.69, 9.17) is 4.42 Å². The van der Waals surface area contributed by atoms with Gasteiger partial charge in [-0.05, 0) is 12.5 Å². The first-order valence-electron chi connectivity index (χ1n) is 5.60. The maximum absolute atomic E-state index is 11.3. The Morgan fingerprint density at radius 1 is 1.61 bits per heavy atom. The molecule has 18 heavy (non-hydrogen) atoms. The lowest BCUT2D eigenvalue weighted by atomic mass is 10.2. The summed E-state index contributed by atoms with van der Waals surface area (Å²) >= 11 is 0. The molecule has 1 aromatic rings. The SMILES string of the molecule is COC(=O)c1coc(CNC2CCS(=O)(=O)C2)c1. The van der Waals surface area contributed by atoms with E-state index in [-0.39, 0.29) is 17.5 Å². The Hall–Kier alpha value is -1.34. The van der Waals surface area contributed by atoms with Crippen molar-refractivity contribution in [1.29, 1.82) is 0 Å². The van der Waals surface area contributed by atoms with Crippen LogP contribution in [0, 0.1) is 0 Å². The standard InChI is InChI=1S/C11H15NO5S/c1-16-11(13)8-4-10(17-6-8)5-12-9-2-3-18(14,15)7-9/h4,6,9,12H,2-3,5,7H2,1H3. The van der Waals surface area contributed by atoms with Gasteiger partial charge in [0.15, 0.2) is 9.84 Å². The Balaban J connectivity index is 1.87. The van der Waals surface area contributed by atoms with E-state index in [1.807, 2.05) is 0 Å². The van der Waals surface area contributed by atoms with E-state index in [0.29, 0.717) is 24.3 Å². The van der Waals surface area contributed by atoms with Gasteiger partial charge in [-0.25, -0.2) is 13.2 Å². The number of nitrogens with one attached hydrogen (secondary N) is 1. The normalized spacial score (nSPS) is 21.9. The fraction of sp³-hybridized carbons (Fsp3) is 0.545. The summed E-state index contributed by atoms with van der Waals surface area (Å²) in [6, 6.07) is 1.55. The second kappa shape index (κ2) is 5.11. The Labute approximate surface area is 105 Å². The van der Waals surface area contributed by atoms with Crippen molar-refractivity contribution in [3.63, 3.8) is 0 Å². The summed E-state index contributed by atoms with van der Waals surface area (Å²) in [6.45, 7) is 0.400. The molecule has 1 aliphatic rings. The van der Waals surface area contributed by atoms with Crippen LogP contribution < -0.4 is 5.32 Å². The number of ether oxygens (including phenoxy) is 1. The van der Waals surface area contributed by atoms with Crippen LogP contribution in [0.25, 0.3) is 0 Å². The molecule has 0 aliphatic carbocycles. The highest BCUT2D eigenvalue weighted by atomic mass is 32.2.